The van der Waals surface area contributed by atoms with Gasteiger partial charge in [0.25, 0.3) is 0 Å². The fourth-order valence-electron chi connectivity index (χ4n) is 7.05. The van der Waals surface area contributed by atoms with Crippen LogP contribution in [0.1, 0.15) is 37.8 Å². The maximum Gasteiger partial charge on any atom is 0.246 e. The molecular formula is C46H52N6O3. The first-order chi connectivity index (χ1) is 26.6. The van der Waals surface area contributed by atoms with Crippen LogP contribution in [0.5, 0.6) is 0 Å². The molecule has 4 N–H and O–H groups in total. The first-order valence-electron chi connectivity index (χ1n) is 18.9. The van der Waals surface area contributed by atoms with Crippen molar-refractivity contribution in [3.05, 3.63) is 120 Å². The van der Waals surface area contributed by atoms with Crippen LogP contribution in [0.3, 0.4) is 0 Å². The predicted molar refractivity (Wildman–Crippen MR) is 227 cm³/mol. The number of rotatable bonds is 16. The number of nitrogens with one attached hydrogen (secondary N) is 4. The van der Waals surface area contributed by atoms with Crippen LogP contribution < -0.4 is 31.5 Å². The quantitative estimate of drug-likeness (QED) is 0.0467. The van der Waals surface area contributed by atoms with Gasteiger partial charge in [-0.2, -0.15) is 0 Å². The molecule has 4 aromatic rings. The normalized spacial score (nSPS) is 11.8. The van der Waals surface area contributed by atoms with Crippen LogP contribution in [-0.4, -0.2) is 59.1 Å². The minimum Gasteiger partial charge on any atom is -0.456 e. The predicted octanol–water partition coefficient (Wildman–Crippen LogP) is 7.45. The molecule has 0 saturated carbocycles. The molecular weight excluding hydrogens is 685 g/mol. The smallest absolute Gasteiger partial charge is 0.246 e. The molecule has 9 heteroatoms. The van der Waals surface area contributed by atoms with Crippen LogP contribution in [0.2, 0.25) is 0 Å². The summed E-state index contributed by atoms with van der Waals surface area (Å²) in [4.78, 5) is 30.5. The largest absolute Gasteiger partial charge is 0.456 e. The lowest BCUT2D eigenvalue weighted by Gasteiger charge is -2.21. The van der Waals surface area contributed by atoms with Crippen molar-refractivity contribution < 1.29 is 14.0 Å². The first kappa shape index (κ1) is 38.9. The summed E-state index contributed by atoms with van der Waals surface area (Å²) in [7, 11) is 5.86. The molecule has 0 atom stereocenters. The van der Waals surface area contributed by atoms with E-state index in [2.05, 4.69) is 111 Å². The number of nitrogens with zero attached hydrogens (tertiary/aromatic N) is 2. The molecule has 9 nitrogen and oxygen atoms in total. The third-order valence-corrected chi connectivity index (χ3v) is 10.0. The second kappa shape index (κ2) is 17.6. The van der Waals surface area contributed by atoms with Crippen LogP contribution in [0, 0.1) is 0 Å². The van der Waals surface area contributed by atoms with E-state index in [1.165, 1.54) is 32.7 Å². The molecule has 1 heterocycles. The molecule has 55 heavy (non-hydrogen) atoms. The van der Waals surface area contributed by atoms with Crippen LogP contribution in [0.4, 0.5) is 5.69 Å². The summed E-state index contributed by atoms with van der Waals surface area (Å²) in [5.41, 5.74) is 8.59. The Morgan fingerprint density at radius 3 is 1.85 bits per heavy atom. The molecule has 0 bridgehead atoms. The van der Waals surface area contributed by atoms with Gasteiger partial charge in [0.2, 0.25) is 11.8 Å². The van der Waals surface area contributed by atoms with Crippen LogP contribution >= 0.6 is 0 Å². The Bertz CT molecular complexity index is 2440. The molecule has 1 aliphatic carbocycles. The Balaban J connectivity index is 1.44. The number of hydrogen-bond acceptors (Lipinski definition) is 7. The van der Waals surface area contributed by atoms with E-state index < -0.39 is 0 Å². The number of anilines is 1. The molecule has 284 valence electrons. The minimum absolute atomic E-state index is 0.111. The average molecular weight is 737 g/mol. The van der Waals surface area contributed by atoms with E-state index in [0.29, 0.717) is 37.3 Å². The Morgan fingerprint density at radius 2 is 1.27 bits per heavy atom. The number of amides is 2. The van der Waals surface area contributed by atoms with Gasteiger partial charge in [0, 0.05) is 92.8 Å². The molecule has 0 aromatic heterocycles. The number of carbonyl (C=O) groups excluding carboxylic acids is 2. The fourth-order valence-corrected chi connectivity index (χ4v) is 7.05. The minimum atomic E-state index is -0.114. The molecule has 0 saturated heterocycles. The Hall–Kier alpha value is -5.77. The lowest BCUT2D eigenvalue weighted by Crippen LogP contribution is -2.27. The van der Waals surface area contributed by atoms with Crippen molar-refractivity contribution in [1.29, 1.82) is 0 Å². The second-order valence-corrected chi connectivity index (χ2v) is 14.4. The Labute approximate surface area is 323 Å². The molecule has 4 aromatic carbocycles. The monoisotopic (exact) mass is 736 g/mol. The summed E-state index contributed by atoms with van der Waals surface area (Å²) < 4.78 is 6.58. The van der Waals surface area contributed by atoms with Gasteiger partial charge < -0.3 is 30.6 Å². The summed E-state index contributed by atoms with van der Waals surface area (Å²) in [5, 5.41) is 19.9. The summed E-state index contributed by atoms with van der Waals surface area (Å²) in [6.07, 6.45) is 1.59. The van der Waals surface area contributed by atoms with E-state index in [1.54, 1.807) is 20.9 Å². The highest BCUT2D eigenvalue weighted by atomic mass is 16.3. The van der Waals surface area contributed by atoms with E-state index in [1.807, 2.05) is 26.2 Å². The topological polar surface area (TPSA) is 111 Å². The maximum absolute atomic E-state index is 12.0. The van der Waals surface area contributed by atoms with Gasteiger partial charge in [-0.3, -0.25) is 14.6 Å². The van der Waals surface area contributed by atoms with Crippen molar-refractivity contribution >= 4 is 50.0 Å². The van der Waals surface area contributed by atoms with E-state index >= 15 is 0 Å². The van der Waals surface area contributed by atoms with E-state index in [-0.39, 0.29) is 11.8 Å². The van der Waals surface area contributed by atoms with Crippen molar-refractivity contribution in [2.75, 3.05) is 52.2 Å². The molecule has 2 aliphatic rings. The number of fused-ring (bicyclic) bond motifs is 4. The molecule has 0 unspecified atom stereocenters. The van der Waals surface area contributed by atoms with Crippen molar-refractivity contribution in [3.63, 3.8) is 0 Å². The van der Waals surface area contributed by atoms with Crippen molar-refractivity contribution in [2.45, 2.75) is 39.8 Å². The molecule has 0 fully saturated rings. The van der Waals surface area contributed by atoms with Crippen LogP contribution in [-0.2, 0) is 22.7 Å². The molecule has 1 aliphatic heterocycles. The van der Waals surface area contributed by atoms with Crippen molar-refractivity contribution in [1.82, 2.24) is 21.3 Å². The second-order valence-electron chi connectivity index (χ2n) is 14.4. The van der Waals surface area contributed by atoms with Crippen molar-refractivity contribution in [2.24, 2.45) is 4.99 Å². The van der Waals surface area contributed by atoms with E-state index in [0.717, 1.165) is 70.4 Å². The molecule has 2 amide bonds. The lowest BCUT2D eigenvalue weighted by molar-refractivity contribution is -0.118. The standard InChI is InChI=1S/C46H52N6O3/c1-29(2)45(53)50-22-10-20-48-27-40-34-12-8-9-13-35(34)41(28-49-21-11-23-51-46(54)30(3)4)39-24-31(14-17-36(39)40)44-37-18-15-32(47-5)25-42(37)55-43-26-33(52(6)7)16-19-38(43)44/h8-9,12-19,24-26,48-49H,1,3,10-11,20-23,27-28H2,2,4-7H3,(H,50,53)(H,51,54). The molecule has 6 rings (SSSR count). The maximum atomic E-state index is 12.0. The molecule has 0 radical (unpaired) electrons. The van der Waals surface area contributed by atoms with Gasteiger partial charge in [0.05, 0.1) is 5.36 Å². The van der Waals surface area contributed by atoms with Gasteiger partial charge in [-0.25, -0.2) is 0 Å². The van der Waals surface area contributed by atoms with E-state index in [9.17, 15) is 9.59 Å². The zero-order valence-corrected chi connectivity index (χ0v) is 32.7. The van der Waals surface area contributed by atoms with Gasteiger partial charge in [0.1, 0.15) is 11.3 Å². The van der Waals surface area contributed by atoms with Gasteiger partial charge >= 0.3 is 0 Å². The number of carbonyl (C=O) groups is 2. The Morgan fingerprint density at radius 1 is 0.691 bits per heavy atom. The number of hydrogen-bond donors (Lipinski definition) is 4. The van der Waals surface area contributed by atoms with Crippen molar-refractivity contribution in [3.8, 4) is 22.5 Å². The van der Waals surface area contributed by atoms with Gasteiger partial charge in [-0.15, -0.1) is 0 Å². The zero-order chi connectivity index (χ0) is 39.1. The summed E-state index contributed by atoms with van der Waals surface area (Å²) in [6.45, 7) is 14.9. The lowest BCUT2D eigenvalue weighted by atomic mass is 9.87. The van der Waals surface area contributed by atoms with Crippen LogP contribution in [0.15, 0.2) is 113 Å². The Kier molecular flexibility index (Phi) is 12.4. The third-order valence-electron chi connectivity index (χ3n) is 10.0. The highest BCUT2D eigenvalue weighted by Crippen LogP contribution is 2.43. The number of benzene rings is 5. The zero-order valence-electron chi connectivity index (χ0n) is 32.7. The third kappa shape index (κ3) is 8.80. The fraction of sp³-hybridized carbons (Fsp3) is 0.283. The SMILES string of the molecule is C=C(C)C(=O)NCCCNCc1c2ccccc2c(CNCCCNC(=O)C(=C)C)c2cc(-c3c4ccc(=NC)cc-4oc4cc(N(C)C)ccc34)ccc12. The molecule has 0 spiro atoms. The van der Waals surface area contributed by atoms with Gasteiger partial charge in [-0.1, -0.05) is 49.6 Å². The highest BCUT2D eigenvalue weighted by molar-refractivity contribution is 6.09. The van der Waals surface area contributed by atoms with Crippen LogP contribution in [0.25, 0.3) is 55.0 Å². The average Bonchev–Trinajstić information content (AvgIpc) is 3.18. The first-order valence-corrected chi connectivity index (χ1v) is 18.9. The highest BCUT2D eigenvalue weighted by Gasteiger charge is 2.20. The van der Waals surface area contributed by atoms with Gasteiger partial charge in [-0.05, 0) is 108 Å². The summed E-state index contributed by atoms with van der Waals surface area (Å²) in [6, 6.07) is 28.0. The van der Waals surface area contributed by atoms with E-state index in [4.69, 9.17) is 4.42 Å². The summed E-state index contributed by atoms with van der Waals surface area (Å²) >= 11 is 0. The summed E-state index contributed by atoms with van der Waals surface area (Å²) in [5.74, 6) is 0.558. The van der Waals surface area contributed by atoms with Gasteiger partial charge in [0.15, 0.2) is 0 Å².